The highest BCUT2D eigenvalue weighted by Crippen LogP contribution is 2.43. The SMILES string of the molecule is COCCOCCOCCOCCC(=O)NCCCOCCOCCOCCCNC(=O)[C@@H](CCCCNC(=O)/C=C(C)/C=C/C=C(C)/C=C/C1=C(C)CCCC1(C)C)NC(=O)[C@@H](CCCCNC(=O)/C=C(C)/C=C/C=C(C)/C=C/C1=C(C)CCCC1(C)C)NC(=O)/C=C(C)/C=C/C=C(C)/C=C/C1=C(C)CCCC1(C)C. The number of allylic oxidation sites excluding steroid dienone is 27. The smallest absolute Gasteiger partial charge is 0.244 e. The number of methoxy groups -OCH3 is 1. The molecule has 0 fully saturated rings. The molecule has 620 valence electrons. The minimum absolute atomic E-state index is 0.0866. The van der Waals surface area contributed by atoms with E-state index in [1.54, 1.807) is 19.3 Å². The van der Waals surface area contributed by atoms with E-state index in [2.05, 4.69) is 145 Å². The van der Waals surface area contributed by atoms with Gasteiger partial charge in [0.05, 0.1) is 72.7 Å². The van der Waals surface area contributed by atoms with Crippen molar-refractivity contribution in [3.05, 3.63) is 176 Å². The van der Waals surface area contributed by atoms with Crippen LogP contribution in [0.2, 0.25) is 0 Å². The molecule has 19 nitrogen and oxygen atoms in total. The Labute approximate surface area is 669 Å². The van der Waals surface area contributed by atoms with E-state index in [9.17, 15) is 28.8 Å². The third kappa shape index (κ3) is 45.2. The molecule has 111 heavy (non-hydrogen) atoms. The highest BCUT2D eigenvalue weighted by Gasteiger charge is 2.30. The molecule has 0 bridgehead atoms. The second kappa shape index (κ2) is 56.8. The maximum absolute atomic E-state index is 14.6. The second-order valence-corrected chi connectivity index (χ2v) is 31.7. The molecule has 3 aliphatic rings. The molecule has 0 heterocycles. The minimum Gasteiger partial charge on any atom is -0.382 e. The number of carbonyl (C=O) groups excluding carboxylic acids is 6. The molecule has 6 amide bonds. The van der Waals surface area contributed by atoms with Gasteiger partial charge in [0.1, 0.15) is 12.1 Å². The van der Waals surface area contributed by atoms with E-state index >= 15 is 0 Å². The predicted molar refractivity (Wildman–Crippen MR) is 453 cm³/mol. The van der Waals surface area contributed by atoms with Crippen LogP contribution < -0.4 is 31.9 Å². The van der Waals surface area contributed by atoms with Crippen molar-refractivity contribution in [1.82, 2.24) is 31.9 Å². The van der Waals surface area contributed by atoms with E-state index < -0.39 is 23.9 Å². The highest BCUT2D eigenvalue weighted by molar-refractivity contribution is 5.95. The topological polar surface area (TPSA) is 239 Å². The zero-order valence-electron chi connectivity index (χ0n) is 71.1. The summed E-state index contributed by atoms with van der Waals surface area (Å²) in [6.07, 6.45) is 49.8. The fraction of sp³-hybridized carbons (Fsp3) is 0.609. The van der Waals surface area contributed by atoms with Crippen molar-refractivity contribution in [1.29, 1.82) is 0 Å². The van der Waals surface area contributed by atoms with Gasteiger partial charge in [0.2, 0.25) is 35.4 Å². The second-order valence-electron chi connectivity index (χ2n) is 31.7. The van der Waals surface area contributed by atoms with Crippen LogP contribution in [0.3, 0.4) is 0 Å². The highest BCUT2D eigenvalue weighted by atomic mass is 16.6. The van der Waals surface area contributed by atoms with E-state index in [4.69, 9.17) is 33.2 Å². The lowest BCUT2D eigenvalue weighted by molar-refractivity contribution is -0.131. The van der Waals surface area contributed by atoms with Crippen molar-refractivity contribution in [2.24, 2.45) is 16.2 Å². The summed E-state index contributed by atoms with van der Waals surface area (Å²) in [7, 11) is 1.63. The van der Waals surface area contributed by atoms with E-state index in [0.717, 1.165) is 53.5 Å². The van der Waals surface area contributed by atoms with Gasteiger partial charge in [-0.2, -0.15) is 0 Å². The maximum atomic E-state index is 14.6. The molecule has 0 aromatic heterocycles. The van der Waals surface area contributed by atoms with Crippen molar-refractivity contribution in [2.75, 3.05) is 119 Å². The predicted octanol–water partition coefficient (Wildman–Crippen LogP) is 16.3. The van der Waals surface area contributed by atoms with E-state index in [1.165, 1.54) is 71.6 Å². The van der Waals surface area contributed by atoms with Crippen LogP contribution in [0.5, 0.6) is 0 Å². The summed E-state index contributed by atoms with van der Waals surface area (Å²) in [4.78, 5) is 81.0. The fourth-order valence-corrected chi connectivity index (χ4v) is 13.5. The molecule has 0 radical (unpaired) electrons. The average molecular weight is 1540 g/mol. The number of amides is 6. The molecule has 2 atom stereocenters. The molecule has 3 aliphatic carbocycles. The first-order valence-electron chi connectivity index (χ1n) is 40.9. The first-order valence-corrected chi connectivity index (χ1v) is 40.9. The number of unbranched alkanes of at least 4 members (excludes halogenated alkanes) is 2. The molecule has 0 saturated heterocycles. The first kappa shape index (κ1) is 97.8. The fourth-order valence-electron chi connectivity index (χ4n) is 13.5. The third-order valence-electron chi connectivity index (χ3n) is 20.0. The van der Waals surface area contributed by atoms with Crippen LogP contribution in [0, 0.1) is 16.2 Å². The van der Waals surface area contributed by atoms with Gasteiger partial charge in [-0.1, -0.05) is 166 Å². The summed E-state index contributed by atoms with van der Waals surface area (Å²) >= 11 is 0. The summed E-state index contributed by atoms with van der Waals surface area (Å²) in [5.41, 5.74) is 14.5. The van der Waals surface area contributed by atoms with Crippen LogP contribution in [0.4, 0.5) is 0 Å². The van der Waals surface area contributed by atoms with Crippen LogP contribution >= 0.6 is 0 Å². The van der Waals surface area contributed by atoms with E-state index in [1.807, 2.05) is 82.4 Å². The number of carbonyl (C=O) groups is 6. The molecule has 0 saturated carbocycles. The lowest BCUT2D eigenvalue weighted by Gasteiger charge is -2.33. The van der Waals surface area contributed by atoms with Gasteiger partial charge >= 0.3 is 0 Å². The maximum Gasteiger partial charge on any atom is 0.244 e. The number of nitrogens with one attached hydrogen (secondary N) is 6. The summed E-state index contributed by atoms with van der Waals surface area (Å²) < 4.78 is 38.4. The van der Waals surface area contributed by atoms with Gasteiger partial charge in [0.15, 0.2) is 0 Å². The Kier molecular flexibility index (Phi) is 50.1. The molecular weight excluding hydrogens is 1400 g/mol. The molecule has 0 unspecified atom stereocenters. The Balaban J connectivity index is 1.66. The number of hydrogen-bond donors (Lipinski definition) is 6. The normalized spacial score (nSPS) is 17.5. The molecule has 3 rings (SSSR count). The lowest BCUT2D eigenvalue weighted by Crippen LogP contribution is -2.53. The molecular formula is C92H144N6O13. The largest absolute Gasteiger partial charge is 0.382 e. The van der Waals surface area contributed by atoms with Gasteiger partial charge in [-0.05, 0) is 221 Å². The molecule has 0 aromatic rings. The summed E-state index contributed by atoms with van der Waals surface area (Å²) in [5.74, 6) is -1.93. The van der Waals surface area contributed by atoms with Gasteiger partial charge in [-0.25, -0.2) is 0 Å². The van der Waals surface area contributed by atoms with Crippen molar-refractivity contribution in [3.8, 4) is 0 Å². The van der Waals surface area contributed by atoms with Crippen molar-refractivity contribution < 1.29 is 61.9 Å². The quantitative estimate of drug-likeness (QED) is 0.0189. The van der Waals surface area contributed by atoms with Crippen molar-refractivity contribution in [2.45, 2.75) is 232 Å². The molecule has 0 aromatic carbocycles. The van der Waals surface area contributed by atoms with E-state index in [0.29, 0.717) is 150 Å². The van der Waals surface area contributed by atoms with Crippen LogP contribution in [0.1, 0.15) is 219 Å². The van der Waals surface area contributed by atoms with Gasteiger partial charge in [-0.15, -0.1) is 0 Å². The van der Waals surface area contributed by atoms with Gasteiger partial charge in [-0.3, -0.25) is 28.8 Å². The Hall–Kier alpha value is -7.36. The summed E-state index contributed by atoms with van der Waals surface area (Å²) in [6, 6.07) is -1.99. The van der Waals surface area contributed by atoms with Crippen LogP contribution in [-0.4, -0.2) is 167 Å². The van der Waals surface area contributed by atoms with Crippen LogP contribution in [0.25, 0.3) is 0 Å². The lowest BCUT2D eigenvalue weighted by atomic mass is 9.72. The zero-order chi connectivity index (χ0) is 81.7. The molecule has 6 N–H and O–H groups in total. The summed E-state index contributed by atoms with van der Waals surface area (Å²) in [6.45, 7) is 39.3. The Morgan fingerprint density at radius 3 is 1.08 bits per heavy atom. The van der Waals surface area contributed by atoms with Gasteiger partial charge < -0.3 is 65.1 Å². The Morgan fingerprint density at radius 1 is 0.369 bits per heavy atom. The van der Waals surface area contributed by atoms with Crippen molar-refractivity contribution >= 4 is 35.4 Å². The van der Waals surface area contributed by atoms with Gasteiger partial charge in [0.25, 0.3) is 0 Å². The standard InChI is InChI=1S/C92H144N6O13/c1-70(40-43-79-76(7)35-24-47-90(79,10)11)29-21-32-73(4)67-85(100)94-50-19-17-38-82(88(103)96-53-28-55-107-60-63-110-62-59-106-54-27-52-93-84(99)46-56-108-61-64-111-66-65-109-58-57-105-16)98-89(104)83(97-87(102)69-75(6)34-23-31-72(3)42-45-81-78(9)37-26-49-92(81,14)15)39-18-20-51-95-86(101)68-74(5)33-22-30-71(2)41-44-80-77(8)36-25-48-91(80,12)13/h21-23,29-34,40-45,67-69,82-83H,17-20,24-28,35-39,46-66H2,1-16H3,(H,93,99)(H,94,100)(H,95,101)(H,96,103)(H,97,102)(H,98,104)/b32-21+,33-22+,34-23+,43-40+,44-41+,45-42+,70-29+,71-30+,72-31+,73-67+,74-68+,75-69+/t82-,83-/m1/s1. The van der Waals surface area contributed by atoms with E-state index in [-0.39, 0.29) is 65.7 Å². The molecule has 0 spiro atoms. The van der Waals surface area contributed by atoms with Crippen LogP contribution in [0.15, 0.2) is 176 Å². The Bertz CT molecular complexity index is 3380. The summed E-state index contributed by atoms with van der Waals surface area (Å²) in [5, 5.41) is 17.7. The first-order chi connectivity index (χ1) is 53.0. The third-order valence-corrected chi connectivity index (χ3v) is 20.0. The number of rotatable bonds is 55. The molecule has 19 heteroatoms. The Morgan fingerprint density at radius 2 is 0.703 bits per heavy atom. The average Bonchev–Trinajstić information content (AvgIpc) is 0.833. The van der Waals surface area contributed by atoms with Gasteiger partial charge in [0, 0.05) is 71.2 Å². The minimum atomic E-state index is -1.02. The number of ether oxygens (including phenoxy) is 7. The molecule has 0 aliphatic heterocycles. The monoisotopic (exact) mass is 1540 g/mol. The van der Waals surface area contributed by atoms with Crippen LogP contribution in [-0.2, 0) is 61.9 Å². The van der Waals surface area contributed by atoms with Crippen molar-refractivity contribution in [3.63, 3.8) is 0 Å². The number of hydrogen-bond acceptors (Lipinski definition) is 13. The zero-order valence-corrected chi connectivity index (χ0v) is 71.1.